The standard InChI is InChI=1S/C19H22O2/c1-12-9-16-15(10-17(12)21)18(2,3)11-19(16,4)13-5-7-14(20)8-6-13/h5-10,20-21H,11H2,1-4H3. The molecule has 2 N–H and O–H groups in total. The van der Waals surface area contributed by atoms with Gasteiger partial charge in [0.05, 0.1) is 0 Å². The predicted octanol–water partition coefficient (Wildman–Crippen LogP) is 4.39. The van der Waals surface area contributed by atoms with Crippen molar-refractivity contribution in [1.82, 2.24) is 0 Å². The van der Waals surface area contributed by atoms with Crippen LogP contribution in [0.1, 0.15) is 49.4 Å². The first-order valence-corrected chi connectivity index (χ1v) is 7.38. The van der Waals surface area contributed by atoms with Crippen molar-refractivity contribution in [1.29, 1.82) is 0 Å². The van der Waals surface area contributed by atoms with Gasteiger partial charge >= 0.3 is 0 Å². The summed E-state index contributed by atoms with van der Waals surface area (Å²) < 4.78 is 0. The smallest absolute Gasteiger partial charge is 0.118 e. The summed E-state index contributed by atoms with van der Waals surface area (Å²) >= 11 is 0. The summed E-state index contributed by atoms with van der Waals surface area (Å²) in [5, 5.41) is 19.6. The Morgan fingerprint density at radius 2 is 1.52 bits per heavy atom. The molecule has 0 bridgehead atoms. The highest BCUT2D eigenvalue weighted by atomic mass is 16.3. The van der Waals surface area contributed by atoms with Crippen LogP contribution in [0.3, 0.4) is 0 Å². The van der Waals surface area contributed by atoms with Gasteiger partial charge in [-0.25, -0.2) is 0 Å². The first kappa shape index (κ1) is 14.0. The van der Waals surface area contributed by atoms with Gasteiger partial charge in [0.2, 0.25) is 0 Å². The number of aromatic hydroxyl groups is 2. The van der Waals surface area contributed by atoms with Gasteiger partial charge in [-0.2, -0.15) is 0 Å². The number of phenols is 2. The summed E-state index contributed by atoms with van der Waals surface area (Å²) in [5.74, 6) is 0.665. The number of hydrogen-bond acceptors (Lipinski definition) is 2. The average Bonchev–Trinajstić information content (AvgIpc) is 2.59. The molecule has 2 aromatic carbocycles. The first-order valence-electron chi connectivity index (χ1n) is 7.38. The summed E-state index contributed by atoms with van der Waals surface area (Å²) in [6.45, 7) is 8.65. The summed E-state index contributed by atoms with van der Waals surface area (Å²) in [4.78, 5) is 0. The van der Waals surface area contributed by atoms with Crippen molar-refractivity contribution in [3.63, 3.8) is 0 Å². The number of aryl methyl sites for hydroxylation is 1. The highest BCUT2D eigenvalue weighted by molar-refractivity contribution is 5.56. The van der Waals surface area contributed by atoms with Crippen LogP contribution in [0, 0.1) is 6.92 Å². The zero-order chi connectivity index (χ0) is 15.4. The monoisotopic (exact) mass is 282 g/mol. The van der Waals surface area contributed by atoms with E-state index >= 15 is 0 Å². The van der Waals surface area contributed by atoms with Crippen LogP contribution in [-0.2, 0) is 10.8 Å². The topological polar surface area (TPSA) is 40.5 Å². The maximum atomic E-state index is 10.1. The molecule has 0 aliphatic heterocycles. The van der Waals surface area contributed by atoms with Crippen molar-refractivity contribution < 1.29 is 10.2 Å². The van der Waals surface area contributed by atoms with Crippen molar-refractivity contribution >= 4 is 0 Å². The number of phenolic OH excluding ortho intramolecular Hbond substituents is 2. The summed E-state index contributed by atoms with van der Waals surface area (Å²) in [7, 11) is 0. The van der Waals surface area contributed by atoms with Crippen LogP contribution in [0.25, 0.3) is 0 Å². The van der Waals surface area contributed by atoms with Gasteiger partial charge in [-0.1, -0.05) is 39.0 Å². The molecule has 2 nitrogen and oxygen atoms in total. The zero-order valence-corrected chi connectivity index (χ0v) is 13.1. The molecule has 0 amide bonds. The molecule has 110 valence electrons. The van der Waals surface area contributed by atoms with E-state index in [1.165, 1.54) is 16.7 Å². The molecule has 21 heavy (non-hydrogen) atoms. The Morgan fingerprint density at radius 1 is 0.905 bits per heavy atom. The fraction of sp³-hybridized carbons (Fsp3) is 0.368. The number of rotatable bonds is 1. The van der Waals surface area contributed by atoms with Crippen LogP contribution >= 0.6 is 0 Å². The van der Waals surface area contributed by atoms with Crippen LogP contribution in [-0.4, -0.2) is 10.2 Å². The second kappa shape index (κ2) is 4.27. The highest BCUT2D eigenvalue weighted by Crippen LogP contribution is 2.54. The largest absolute Gasteiger partial charge is 0.508 e. The fourth-order valence-electron chi connectivity index (χ4n) is 3.87. The lowest BCUT2D eigenvalue weighted by Crippen LogP contribution is -2.23. The molecular formula is C19H22O2. The van der Waals surface area contributed by atoms with Crippen LogP contribution in [0.2, 0.25) is 0 Å². The Labute approximate surface area is 126 Å². The molecule has 1 unspecified atom stereocenters. The summed E-state index contributed by atoms with van der Waals surface area (Å²) in [5.41, 5.74) is 4.56. The van der Waals surface area contributed by atoms with Crippen LogP contribution in [0.15, 0.2) is 36.4 Å². The minimum absolute atomic E-state index is 0.0210. The van der Waals surface area contributed by atoms with Crippen molar-refractivity contribution in [2.45, 2.75) is 44.9 Å². The molecule has 0 saturated carbocycles. The van der Waals surface area contributed by atoms with E-state index in [-0.39, 0.29) is 10.8 Å². The number of fused-ring (bicyclic) bond motifs is 1. The van der Waals surface area contributed by atoms with Gasteiger partial charge in [0.15, 0.2) is 0 Å². The molecule has 3 rings (SSSR count). The molecule has 0 spiro atoms. The highest BCUT2D eigenvalue weighted by Gasteiger charge is 2.46. The first-order chi connectivity index (χ1) is 9.74. The average molecular weight is 282 g/mol. The van der Waals surface area contributed by atoms with Crippen LogP contribution in [0.5, 0.6) is 11.5 Å². The minimum Gasteiger partial charge on any atom is -0.508 e. The van der Waals surface area contributed by atoms with E-state index in [1.54, 1.807) is 12.1 Å². The van der Waals surface area contributed by atoms with Crippen molar-refractivity contribution in [3.8, 4) is 11.5 Å². The molecule has 0 aromatic heterocycles. The Bertz CT molecular complexity index is 698. The van der Waals surface area contributed by atoms with E-state index in [0.717, 1.165) is 12.0 Å². The maximum Gasteiger partial charge on any atom is 0.118 e. The quantitative estimate of drug-likeness (QED) is 0.814. The van der Waals surface area contributed by atoms with Crippen molar-refractivity contribution in [2.75, 3.05) is 0 Å². The van der Waals surface area contributed by atoms with E-state index in [2.05, 4.69) is 26.8 Å². The SMILES string of the molecule is Cc1cc2c(cc1O)C(C)(C)CC2(C)c1ccc(O)cc1. The zero-order valence-electron chi connectivity index (χ0n) is 13.1. The lowest BCUT2D eigenvalue weighted by Gasteiger charge is -2.28. The van der Waals surface area contributed by atoms with E-state index < -0.39 is 0 Å². The molecule has 2 heteroatoms. The van der Waals surface area contributed by atoms with Gasteiger partial charge in [0.25, 0.3) is 0 Å². The van der Waals surface area contributed by atoms with E-state index in [1.807, 2.05) is 25.1 Å². The number of benzene rings is 2. The molecule has 2 aromatic rings. The Hall–Kier alpha value is -1.96. The maximum absolute atomic E-state index is 10.1. The second-order valence-electron chi connectivity index (χ2n) is 7.12. The molecular weight excluding hydrogens is 260 g/mol. The van der Waals surface area contributed by atoms with Crippen LogP contribution < -0.4 is 0 Å². The van der Waals surface area contributed by atoms with Gasteiger partial charge in [0, 0.05) is 5.41 Å². The lowest BCUT2D eigenvalue weighted by molar-refractivity contribution is 0.422. The Kier molecular flexibility index (Phi) is 2.84. The molecule has 1 atom stereocenters. The van der Waals surface area contributed by atoms with Crippen molar-refractivity contribution in [2.24, 2.45) is 0 Å². The molecule has 0 saturated heterocycles. The molecule has 1 aliphatic rings. The summed E-state index contributed by atoms with van der Waals surface area (Å²) in [6.07, 6.45) is 0.989. The third kappa shape index (κ3) is 2.01. The molecule has 0 fully saturated rings. The molecule has 1 aliphatic carbocycles. The van der Waals surface area contributed by atoms with E-state index in [0.29, 0.717) is 11.5 Å². The minimum atomic E-state index is -0.0923. The normalized spacial score (nSPS) is 23.0. The van der Waals surface area contributed by atoms with Gasteiger partial charge in [-0.3, -0.25) is 0 Å². The second-order valence-corrected chi connectivity index (χ2v) is 7.12. The molecule has 0 radical (unpaired) electrons. The van der Waals surface area contributed by atoms with Gasteiger partial charge in [-0.05, 0) is 59.2 Å². The summed E-state index contributed by atoms with van der Waals surface area (Å²) in [6, 6.07) is 11.5. The van der Waals surface area contributed by atoms with Crippen molar-refractivity contribution in [3.05, 3.63) is 58.7 Å². The van der Waals surface area contributed by atoms with E-state index in [9.17, 15) is 10.2 Å². The molecule has 0 heterocycles. The third-order valence-electron chi connectivity index (χ3n) is 4.96. The third-order valence-corrected chi connectivity index (χ3v) is 4.96. The predicted molar refractivity (Wildman–Crippen MR) is 85.0 cm³/mol. The van der Waals surface area contributed by atoms with Crippen LogP contribution in [0.4, 0.5) is 0 Å². The van der Waals surface area contributed by atoms with Gasteiger partial charge in [-0.15, -0.1) is 0 Å². The van der Waals surface area contributed by atoms with E-state index in [4.69, 9.17) is 0 Å². The van der Waals surface area contributed by atoms with Gasteiger partial charge in [0.1, 0.15) is 11.5 Å². The number of hydrogen-bond donors (Lipinski definition) is 2. The fourth-order valence-corrected chi connectivity index (χ4v) is 3.87. The Balaban J connectivity index is 2.24. The van der Waals surface area contributed by atoms with Gasteiger partial charge < -0.3 is 10.2 Å². The lowest BCUT2D eigenvalue weighted by atomic mass is 9.75. The Morgan fingerprint density at radius 3 is 2.14 bits per heavy atom.